The highest BCUT2D eigenvalue weighted by atomic mass is 15.2. The fourth-order valence-corrected chi connectivity index (χ4v) is 8.36. The van der Waals surface area contributed by atoms with Crippen molar-refractivity contribution in [3.63, 3.8) is 0 Å². The quantitative estimate of drug-likeness (QED) is 0.172. The van der Waals surface area contributed by atoms with Crippen molar-refractivity contribution in [2.24, 2.45) is 0 Å². The summed E-state index contributed by atoms with van der Waals surface area (Å²) in [6, 6.07) is 71.4. The zero-order chi connectivity index (χ0) is 37.0. The van der Waals surface area contributed by atoms with Crippen LogP contribution >= 0.6 is 0 Å². The molecule has 0 saturated carbocycles. The highest BCUT2D eigenvalue weighted by Crippen LogP contribution is 2.38. The van der Waals surface area contributed by atoms with Gasteiger partial charge in [0.1, 0.15) is 0 Å². The molecule has 0 bridgehead atoms. The van der Waals surface area contributed by atoms with Gasteiger partial charge in [-0.15, -0.1) is 0 Å². The van der Waals surface area contributed by atoms with E-state index in [2.05, 4.69) is 203 Å². The van der Waals surface area contributed by atoms with Crippen molar-refractivity contribution in [3.05, 3.63) is 206 Å². The summed E-state index contributed by atoms with van der Waals surface area (Å²) in [6.45, 7) is 0. The van der Waals surface area contributed by atoms with Crippen LogP contribution in [0.25, 0.3) is 99.9 Å². The predicted octanol–water partition coefficient (Wildman–Crippen LogP) is 13.3. The molecular formula is C52H34N4. The van der Waals surface area contributed by atoms with E-state index in [4.69, 9.17) is 9.97 Å². The minimum atomic E-state index is 0.646. The summed E-state index contributed by atoms with van der Waals surface area (Å²) in [6.07, 6.45) is 1.87. The number of rotatable bonds is 6. The molecule has 0 aliphatic carbocycles. The molecule has 11 rings (SSSR count). The molecule has 0 saturated heterocycles. The Bertz CT molecular complexity index is 3250. The van der Waals surface area contributed by atoms with Gasteiger partial charge in [0.2, 0.25) is 5.95 Å². The monoisotopic (exact) mass is 714 g/mol. The SMILES string of the molecule is c1ccc(-c2cccc(-c3cccc(-c4ccnc(-n5c6ccccc6c6cc(-c7ccc8c(c7)c7ccccc7n8-c7ccccc7)ccc65)n4)c3)c2)cc1. The van der Waals surface area contributed by atoms with Crippen molar-refractivity contribution in [1.82, 2.24) is 19.1 Å². The molecule has 0 spiro atoms. The zero-order valence-corrected chi connectivity index (χ0v) is 30.4. The van der Waals surface area contributed by atoms with Crippen LogP contribution < -0.4 is 0 Å². The van der Waals surface area contributed by atoms with Crippen molar-refractivity contribution in [2.75, 3.05) is 0 Å². The Morgan fingerprint density at radius 2 is 0.768 bits per heavy atom. The highest BCUT2D eigenvalue weighted by Gasteiger charge is 2.17. The maximum atomic E-state index is 5.21. The molecule has 0 N–H and O–H groups in total. The maximum Gasteiger partial charge on any atom is 0.235 e. The van der Waals surface area contributed by atoms with Gasteiger partial charge in [-0.25, -0.2) is 9.97 Å². The lowest BCUT2D eigenvalue weighted by molar-refractivity contribution is 0.992. The predicted molar refractivity (Wildman–Crippen MR) is 232 cm³/mol. The van der Waals surface area contributed by atoms with Crippen LogP contribution in [-0.4, -0.2) is 19.1 Å². The van der Waals surface area contributed by atoms with Crippen LogP contribution in [0.5, 0.6) is 0 Å². The molecular weight excluding hydrogens is 681 g/mol. The van der Waals surface area contributed by atoms with Crippen LogP contribution in [0.2, 0.25) is 0 Å². The van der Waals surface area contributed by atoms with E-state index in [0.717, 1.165) is 33.5 Å². The molecule has 8 aromatic carbocycles. The molecule has 11 aromatic rings. The van der Waals surface area contributed by atoms with Crippen LogP contribution in [0.4, 0.5) is 0 Å². The average Bonchev–Trinajstić information content (AvgIpc) is 3.79. The highest BCUT2D eigenvalue weighted by molar-refractivity contribution is 6.12. The zero-order valence-electron chi connectivity index (χ0n) is 30.4. The van der Waals surface area contributed by atoms with Gasteiger partial charge < -0.3 is 4.57 Å². The molecule has 4 heteroatoms. The van der Waals surface area contributed by atoms with Crippen molar-refractivity contribution in [3.8, 4) is 56.3 Å². The van der Waals surface area contributed by atoms with Gasteiger partial charge in [-0.3, -0.25) is 4.57 Å². The van der Waals surface area contributed by atoms with Crippen LogP contribution in [0.1, 0.15) is 0 Å². The van der Waals surface area contributed by atoms with Gasteiger partial charge in [-0.05, 0) is 100 Å². The number of hydrogen-bond acceptors (Lipinski definition) is 2. The van der Waals surface area contributed by atoms with Crippen LogP contribution in [0.15, 0.2) is 206 Å². The van der Waals surface area contributed by atoms with Gasteiger partial charge in [-0.2, -0.15) is 0 Å². The Balaban J connectivity index is 0.998. The van der Waals surface area contributed by atoms with E-state index in [9.17, 15) is 0 Å². The first kappa shape index (κ1) is 31.9. The number of benzene rings is 8. The normalized spacial score (nSPS) is 11.6. The van der Waals surface area contributed by atoms with Crippen molar-refractivity contribution < 1.29 is 0 Å². The number of hydrogen-bond donors (Lipinski definition) is 0. The Hall–Kier alpha value is -7.56. The van der Waals surface area contributed by atoms with E-state index in [0.29, 0.717) is 5.95 Å². The van der Waals surface area contributed by atoms with Gasteiger partial charge in [0.15, 0.2) is 0 Å². The molecule has 0 unspecified atom stereocenters. The van der Waals surface area contributed by atoms with E-state index in [1.807, 2.05) is 12.3 Å². The molecule has 0 aliphatic heterocycles. The van der Waals surface area contributed by atoms with Crippen molar-refractivity contribution in [2.45, 2.75) is 0 Å². The number of fused-ring (bicyclic) bond motifs is 6. The lowest BCUT2D eigenvalue weighted by atomic mass is 9.97. The second-order valence-electron chi connectivity index (χ2n) is 14.3. The third kappa shape index (κ3) is 5.31. The van der Waals surface area contributed by atoms with E-state index in [1.54, 1.807) is 0 Å². The first-order valence-corrected chi connectivity index (χ1v) is 19.0. The number of para-hydroxylation sites is 3. The van der Waals surface area contributed by atoms with Crippen molar-refractivity contribution >= 4 is 43.6 Å². The molecule has 0 atom stereocenters. The Morgan fingerprint density at radius 1 is 0.304 bits per heavy atom. The average molecular weight is 715 g/mol. The first-order chi connectivity index (χ1) is 27.8. The summed E-state index contributed by atoms with van der Waals surface area (Å²) in [7, 11) is 0. The molecule has 56 heavy (non-hydrogen) atoms. The minimum absolute atomic E-state index is 0.646. The molecule has 262 valence electrons. The van der Waals surface area contributed by atoms with Gasteiger partial charge in [0.25, 0.3) is 0 Å². The van der Waals surface area contributed by atoms with Crippen LogP contribution in [0, 0.1) is 0 Å². The topological polar surface area (TPSA) is 35.6 Å². The first-order valence-electron chi connectivity index (χ1n) is 19.0. The van der Waals surface area contributed by atoms with E-state index >= 15 is 0 Å². The van der Waals surface area contributed by atoms with Gasteiger partial charge in [-0.1, -0.05) is 133 Å². The maximum absolute atomic E-state index is 5.21. The van der Waals surface area contributed by atoms with Gasteiger partial charge >= 0.3 is 0 Å². The standard InChI is InChI=1S/C52H34N4/c1-3-13-35(14-4-1)36-15-11-16-37(31-36)38-17-12-18-41(32-38)47-29-30-53-52(54-47)56-49-24-10-8-22-44(49)46-34-40(26-28-51(46)56)39-25-27-50-45(33-39)43-21-7-9-23-48(43)55(50)42-19-5-2-6-20-42/h1-34H. The Kier molecular flexibility index (Phi) is 7.46. The summed E-state index contributed by atoms with van der Waals surface area (Å²) in [5.74, 6) is 0.646. The third-order valence-electron chi connectivity index (χ3n) is 11.0. The molecule has 4 nitrogen and oxygen atoms in total. The molecule has 0 fully saturated rings. The summed E-state index contributed by atoms with van der Waals surface area (Å²) >= 11 is 0. The minimum Gasteiger partial charge on any atom is -0.309 e. The van der Waals surface area contributed by atoms with E-state index in [1.165, 1.54) is 60.4 Å². The van der Waals surface area contributed by atoms with Crippen LogP contribution in [0.3, 0.4) is 0 Å². The second-order valence-corrected chi connectivity index (χ2v) is 14.3. The third-order valence-corrected chi connectivity index (χ3v) is 11.0. The summed E-state index contributed by atoms with van der Waals surface area (Å²) in [5, 5.41) is 4.82. The van der Waals surface area contributed by atoms with Gasteiger partial charge in [0, 0.05) is 39.0 Å². The fraction of sp³-hybridized carbons (Fsp3) is 0. The summed E-state index contributed by atoms with van der Waals surface area (Å²) in [5.41, 5.74) is 14.7. The smallest absolute Gasteiger partial charge is 0.235 e. The lowest BCUT2D eigenvalue weighted by Crippen LogP contribution is -2.01. The largest absolute Gasteiger partial charge is 0.309 e. The summed E-state index contributed by atoms with van der Waals surface area (Å²) < 4.78 is 4.56. The second kappa shape index (κ2) is 13.1. The van der Waals surface area contributed by atoms with Crippen molar-refractivity contribution in [1.29, 1.82) is 0 Å². The number of aromatic nitrogens is 4. The number of nitrogens with zero attached hydrogens (tertiary/aromatic N) is 4. The Morgan fingerprint density at radius 3 is 1.43 bits per heavy atom. The molecule has 3 aromatic heterocycles. The fourth-order valence-electron chi connectivity index (χ4n) is 8.36. The molecule has 0 aliphatic rings. The molecule has 0 amide bonds. The van der Waals surface area contributed by atoms with Gasteiger partial charge in [0.05, 0.1) is 27.8 Å². The van der Waals surface area contributed by atoms with Crippen LogP contribution in [-0.2, 0) is 0 Å². The Labute approximate surface area is 324 Å². The van der Waals surface area contributed by atoms with E-state index < -0.39 is 0 Å². The van der Waals surface area contributed by atoms with E-state index in [-0.39, 0.29) is 0 Å². The molecule has 0 radical (unpaired) electrons. The summed E-state index contributed by atoms with van der Waals surface area (Å²) in [4.78, 5) is 10.1. The molecule has 3 heterocycles. The lowest BCUT2D eigenvalue weighted by Gasteiger charge is -2.10.